The van der Waals surface area contributed by atoms with Crippen LogP contribution < -0.4 is 4.90 Å². The van der Waals surface area contributed by atoms with E-state index in [1.807, 2.05) is 0 Å². The lowest BCUT2D eigenvalue weighted by Crippen LogP contribution is -2.30. The summed E-state index contributed by atoms with van der Waals surface area (Å²) in [5.41, 5.74) is 1.63. The van der Waals surface area contributed by atoms with E-state index in [1.165, 1.54) is 6.07 Å². The van der Waals surface area contributed by atoms with Gasteiger partial charge in [-0.15, -0.1) is 11.6 Å². The van der Waals surface area contributed by atoms with Crippen molar-refractivity contribution in [2.24, 2.45) is 0 Å². The molecule has 0 spiro atoms. The molecule has 0 N–H and O–H groups in total. The molecule has 0 aliphatic carbocycles. The van der Waals surface area contributed by atoms with E-state index in [4.69, 9.17) is 11.6 Å². The van der Waals surface area contributed by atoms with Gasteiger partial charge in [-0.2, -0.15) is 0 Å². The highest BCUT2D eigenvalue weighted by atomic mass is 35.5. The average Bonchev–Trinajstić information content (AvgIpc) is 2.28. The van der Waals surface area contributed by atoms with Gasteiger partial charge in [-0.1, -0.05) is 0 Å². The van der Waals surface area contributed by atoms with Crippen LogP contribution in [0.15, 0.2) is 18.2 Å². The highest BCUT2D eigenvalue weighted by molar-refractivity contribution is 6.17. The molecule has 1 aromatic rings. The zero-order valence-corrected chi connectivity index (χ0v) is 11.1. The van der Waals surface area contributed by atoms with Crippen LogP contribution in [0.2, 0.25) is 0 Å². The maximum atomic E-state index is 10.8. The second-order valence-electron chi connectivity index (χ2n) is 4.08. The summed E-state index contributed by atoms with van der Waals surface area (Å²) >= 11 is 5.75. The molecule has 17 heavy (non-hydrogen) atoms. The first kappa shape index (κ1) is 13.8. The van der Waals surface area contributed by atoms with Crippen LogP contribution in [0.4, 0.5) is 11.4 Å². The van der Waals surface area contributed by atoms with Gasteiger partial charge in [0.15, 0.2) is 0 Å². The molecule has 0 radical (unpaired) electrons. The molecule has 0 aliphatic rings. The van der Waals surface area contributed by atoms with E-state index in [0.717, 1.165) is 12.2 Å². The molecule has 0 heterocycles. The van der Waals surface area contributed by atoms with Crippen LogP contribution in [-0.2, 0) is 5.88 Å². The normalized spacial score (nSPS) is 10.6. The van der Waals surface area contributed by atoms with E-state index in [1.54, 1.807) is 12.1 Å². The zero-order valence-electron chi connectivity index (χ0n) is 10.3. The van der Waals surface area contributed by atoms with Gasteiger partial charge in [-0.25, -0.2) is 0 Å². The second kappa shape index (κ2) is 5.87. The number of alkyl halides is 1. The number of rotatable bonds is 5. The van der Waals surface area contributed by atoms with Gasteiger partial charge in [-0.3, -0.25) is 10.1 Å². The van der Waals surface area contributed by atoms with Crippen molar-refractivity contribution >= 4 is 23.0 Å². The summed E-state index contributed by atoms with van der Waals surface area (Å²) in [7, 11) is 0. The predicted octanol–water partition coefficient (Wildman–Crippen LogP) is 3.57. The molecule has 94 valence electrons. The number of hydrogen-bond acceptors (Lipinski definition) is 3. The predicted molar refractivity (Wildman–Crippen MR) is 70.8 cm³/mol. The minimum absolute atomic E-state index is 0.0866. The topological polar surface area (TPSA) is 46.4 Å². The number of benzene rings is 1. The fourth-order valence-corrected chi connectivity index (χ4v) is 2.10. The molecule has 0 aliphatic heterocycles. The van der Waals surface area contributed by atoms with Crippen molar-refractivity contribution in [3.8, 4) is 0 Å². The van der Waals surface area contributed by atoms with E-state index in [9.17, 15) is 10.1 Å². The van der Waals surface area contributed by atoms with Gasteiger partial charge in [0.25, 0.3) is 5.69 Å². The maximum absolute atomic E-state index is 10.8. The molecule has 0 saturated heterocycles. The minimum atomic E-state index is -0.396. The third kappa shape index (κ3) is 3.09. The van der Waals surface area contributed by atoms with Crippen LogP contribution in [0, 0.1) is 10.1 Å². The third-order valence-electron chi connectivity index (χ3n) is 2.70. The lowest BCUT2D eigenvalue weighted by Gasteiger charge is -2.27. The Labute approximate surface area is 106 Å². The Morgan fingerprint density at radius 1 is 1.47 bits per heavy atom. The van der Waals surface area contributed by atoms with E-state index in [-0.39, 0.29) is 11.6 Å². The minimum Gasteiger partial charge on any atom is -0.369 e. The Kier molecular flexibility index (Phi) is 4.75. The molecule has 0 unspecified atom stereocenters. The van der Waals surface area contributed by atoms with Gasteiger partial charge < -0.3 is 4.90 Å². The van der Waals surface area contributed by atoms with Crippen molar-refractivity contribution in [3.05, 3.63) is 33.9 Å². The van der Waals surface area contributed by atoms with Gasteiger partial charge in [0.2, 0.25) is 0 Å². The van der Waals surface area contributed by atoms with Crippen LogP contribution in [0.3, 0.4) is 0 Å². The summed E-state index contributed by atoms with van der Waals surface area (Å²) in [6, 6.07) is 5.45. The highest BCUT2D eigenvalue weighted by Gasteiger charge is 2.16. The maximum Gasteiger partial charge on any atom is 0.273 e. The number of anilines is 1. The van der Waals surface area contributed by atoms with Gasteiger partial charge in [0, 0.05) is 29.9 Å². The molecule has 0 fully saturated rings. The number of halogens is 1. The van der Waals surface area contributed by atoms with Crippen molar-refractivity contribution < 1.29 is 4.92 Å². The van der Waals surface area contributed by atoms with Gasteiger partial charge in [0.05, 0.1) is 10.8 Å². The standard InChI is InChI=1S/C12H17ClN2O2/c1-4-14(9(2)3)11-5-6-12(15(16)17)10(7-11)8-13/h5-7,9H,4,8H2,1-3H3. The Balaban J connectivity index is 3.16. The quantitative estimate of drug-likeness (QED) is 0.460. The Morgan fingerprint density at radius 3 is 2.53 bits per heavy atom. The highest BCUT2D eigenvalue weighted by Crippen LogP contribution is 2.27. The van der Waals surface area contributed by atoms with E-state index in [2.05, 4.69) is 25.7 Å². The molecule has 4 nitrogen and oxygen atoms in total. The van der Waals surface area contributed by atoms with Gasteiger partial charge >= 0.3 is 0 Å². The van der Waals surface area contributed by atoms with Crippen molar-refractivity contribution in [1.29, 1.82) is 0 Å². The Bertz CT molecular complexity index is 407. The van der Waals surface area contributed by atoms with Crippen LogP contribution in [0.25, 0.3) is 0 Å². The summed E-state index contributed by atoms with van der Waals surface area (Å²) in [4.78, 5) is 12.6. The molecule has 0 atom stereocenters. The van der Waals surface area contributed by atoms with E-state index in [0.29, 0.717) is 11.6 Å². The van der Waals surface area contributed by atoms with Gasteiger partial charge in [-0.05, 0) is 32.9 Å². The molecular formula is C12H17ClN2O2. The lowest BCUT2D eigenvalue weighted by atomic mass is 10.1. The van der Waals surface area contributed by atoms with E-state index >= 15 is 0 Å². The SMILES string of the molecule is CCN(c1ccc([N+](=O)[O-])c(CCl)c1)C(C)C. The molecular weight excluding hydrogens is 240 g/mol. The molecule has 0 bridgehead atoms. The molecule has 5 heteroatoms. The summed E-state index contributed by atoms with van der Waals surface area (Å²) in [6.07, 6.45) is 0. The van der Waals surface area contributed by atoms with Crippen molar-refractivity contribution in [2.45, 2.75) is 32.7 Å². The summed E-state index contributed by atoms with van der Waals surface area (Å²) in [5, 5.41) is 10.8. The number of nitro groups is 1. The second-order valence-corrected chi connectivity index (χ2v) is 4.35. The number of nitrogens with zero attached hydrogens (tertiary/aromatic N) is 2. The van der Waals surface area contributed by atoms with Gasteiger partial charge in [0.1, 0.15) is 0 Å². The first-order valence-corrected chi connectivity index (χ1v) is 6.14. The number of hydrogen-bond donors (Lipinski definition) is 0. The zero-order chi connectivity index (χ0) is 13.0. The molecule has 0 amide bonds. The first-order valence-electron chi connectivity index (χ1n) is 5.61. The van der Waals surface area contributed by atoms with Crippen LogP contribution in [-0.4, -0.2) is 17.5 Å². The number of nitro benzene ring substituents is 1. The fraction of sp³-hybridized carbons (Fsp3) is 0.500. The smallest absolute Gasteiger partial charge is 0.273 e. The van der Waals surface area contributed by atoms with Crippen molar-refractivity contribution in [2.75, 3.05) is 11.4 Å². The van der Waals surface area contributed by atoms with E-state index < -0.39 is 4.92 Å². The lowest BCUT2D eigenvalue weighted by molar-refractivity contribution is -0.385. The van der Waals surface area contributed by atoms with Crippen molar-refractivity contribution in [1.82, 2.24) is 0 Å². The van der Waals surface area contributed by atoms with Crippen molar-refractivity contribution in [3.63, 3.8) is 0 Å². The fourth-order valence-electron chi connectivity index (χ4n) is 1.88. The largest absolute Gasteiger partial charge is 0.369 e. The molecule has 1 aromatic carbocycles. The Hall–Kier alpha value is -1.29. The summed E-state index contributed by atoms with van der Waals surface area (Å²) in [6.45, 7) is 7.09. The van der Waals surface area contributed by atoms with Crippen LogP contribution in [0.1, 0.15) is 26.3 Å². The van der Waals surface area contributed by atoms with Crippen LogP contribution >= 0.6 is 11.6 Å². The third-order valence-corrected chi connectivity index (χ3v) is 2.99. The molecule has 1 rings (SSSR count). The molecule has 0 saturated carbocycles. The first-order chi connectivity index (χ1) is 8.01. The Morgan fingerprint density at radius 2 is 2.12 bits per heavy atom. The summed E-state index contributed by atoms with van der Waals surface area (Å²) in [5.74, 6) is 0.153. The summed E-state index contributed by atoms with van der Waals surface area (Å²) < 4.78 is 0. The monoisotopic (exact) mass is 256 g/mol. The average molecular weight is 257 g/mol. The van der Waals surface area contributed by atoms with Crippen LogP contribution in [0.5, 0.6) is 0 Å². The molecule has 0 aromatic heterocycles.